The molecule has 0 radical (unpaired) electrons. The summed E-state index contributed by atoms with van der Waals surface area (Å²) in [6, 6.07) is 27.9. The highest BCUT2D eigenvalue weighted by Gasteiger charge is 2.52. The van der Waals surface area contributed by atoms with Crippen LogP contribution in [0, 0.1) is 20.8 Å². The molecule has 0 spiro atoms. The summed E-state index contributed by atoms with van der Waals surface area (Å²) in [6.45, 7) is 4.70. The van der Waals surface area contributed by atoms with E-state index in [1.54, 1.807) is 117 Å². The molecule has 1 aliphatic heterocycles. The Labute approximate surface area is 321 Å². The molecule has 2 aromatic heterocycles. The van der Waals surface area contributed by atoms with E-state index in [0.29, 0.717) is 11.1 Å². The third-order valence-corrected chi connectivity index (χ3v) is 10.4. The fraction of sp³-hybridized carbons (Fsp3) is 0.200. The molecule has 0 saturated carbocycles. The number of esters is 3. The number of aryl methyl sites for hydroxylation is 3. The smallest absolute Gasteiger partial charge is 0.341 e. The van der Waals surface area contributed by atoms with Gasteiger partial charge in [-0.3, -0.25) is 4.57 Å². The lowest BCUT2D eigenvalue weighted by Crippen LogP contribution is -2.41. The van der Waals surface area contributed by atoms with Gasteiger partial charge in [-0.15, -0.1) is 0 Å². The molecule has 0 unspecified atom stereocenters. The van der Waals surface area contributed by atoms with E-state index in [9.17, 15) is 22.8 Å². The zero-order valence-corrected chi connectivity index (χ0v) is 31.1. The second kappa shape index (κ2) is 15.6. The van der Waals surface area contributed by atoms with Crippen molar-refractivity contribution >= 4 is 45.1 Å². The molecule has 2 N–H and O–H groups in total. The number of hydrogen-bond donors (Lipinski definition) is 1. The van der Waals surface area contributed by atoms with Gasteiger partial charge in [0, 0.05) is 0 Å². The molecule has 0 bridgehead atoms. The molecule has 3 heterocycles. The summed E-state index contributed by atoms with van der Waals surface area (Å²) in [6.07, 6.45) is -4.13. The molecule has 15 nitrogen and oxygen atoms in total. The van der Waals surface area contributed by atoms with Gasteiger partial charge in [0.1, 0.15) is 17.6 Å². The van der Waals surface area contributed by atoms with Crippen LogP contribution in [0.25, 0.3) is 11.2 Å². The molecule has 4 atom stereocenters. The molecule has 1 fully saturated rings. The number of aromatic nitrogens is 4. The first-order valence-corrected chi connectivity index (χ1v) is 18.7. The van der Waals surface area contributed by atoms with Gasteiger partial charge in [-0.25, -0.2) is 19.4 Å². The van der Waals surface area contributed by atoms with Gasteiger partial charge in [-0.2, -0.15) is 18.4 Å². The Bertz CT molecular complexity index is 2510. The van der Waals surface area contributed by atoms with Gasteiger partial charge in [0.05, 0.1) is 23.0 Å². The lowest BCUT2D eigenvalue weighted by molar-refractivity contribution is -0.0606. The summed E-state index contributed by atoms with van der Waals surface area (Å²) < 4.78 is 58.4. The minimum Gasteiger partial charge on any atom is -0.459 e. The van der Waals surface area contributed by atoms with E-state index in [-0.39, 0.29) is 38.7 Å². The molecular formula is C40H35N5O10S. The molecular weight excluding hydrogens is 743 g/mol. The number of imidazole rings is 1. The Hall–Kier alpha value is -6.65. The van der Waals surface area contributed by atoms with Crippen LogP contribution in [0.2, 0.25) is 0 Å². The lowest BCUT2D eigenvalue weighted by atomic mass is 10.1. The summed E-state index contributed by atoms with van der Waals surface area (Å²) in [5.41, 5.74) is 8.35. The molecule has 1 aliphatic rings. The first-order chi connectivity index (χ1) is 26.9. The quantitative estimate of drug-likeness (QED) is 0.101. The van der Waals surface area contributed by atoms with Gasteiger partial charge >= 0.3 is 28.0 Å². The molecule has 286 valence electrons. The van der Waals surface area contributed by atoms with Crippen molar-refractivity contribution in [2.75, 3.05) is 12.3 Å². The van der Waals surface area contributed by atoms with Crippen LogP contribution in [-0.4, -0.2) is 70.8 Å². The fourth-order valence-corrected chi connectivity index (χ4v) is 7.85. The van der Waals surface area contributed by atoms with E-state index < -0.39 is 65.1 Å². The predicted molar refractivity (Wildman–Crippen MR) is 200 cm³/mol. The van der Waals surface area contributed by atoms with Gasteiger partial charge in [-0.05, 0) is 68.3 Å². The summed E-state index contributed by atoms with van der Waals surface area (Å²) in [7, 11) is -4.46. The van der Waals surface area contributed by atoms with E-state index >= 15 is 0 Å². The second-order valence-corrected chi connectivity index (χ2v) is 14.5. The van der Waals surface area contributed by atoms with Gasteiger partial charge in [0.15, 0.2) is 29.6 Å². The normalized spacial score (nSPS) is 18.0. The van der Waals surface area contributed by atoms with Crippen molar-refractivity contribution in [2.24, 2.45) is 0 Å². The monoisotopic (exact) mass is 777 g/mol. The minimum atomic E-state index is -4.46. The highest BCUT2D eigenvalue weighted by atomic mass is 32.2. The van der Waals surface area contributed by atoms with Gasteiger partial charge in [-0.1, -0.05) is 72.3 Å². The number of nitrogens with zero attached hydrogens (tertiary/aromatic N) is 4. The van der Waals surface area contributed by atoms with E-state index in [0.717, 1.165) is 5.56 Å². The van der Waals surface area contributed by atoms with Crippen molar-refractivity contribution in [1.82, 2.24) is 19.5 Å². The molecule has 0 amide bonds. The average molecular weight is 778 g/mol. The summed E-state index contributed by atoms with van der Waals surface area (Å²) in [5.74, 6) is -3.09. The van der Waals surface area contributed by atoms with Crippen LogP contribution >= 0.6 is 0 Å². The van der Waals surface area contributed by atoms with E-state index in [1.807, 2.05) is 6.92 Å². The van der Waals surface area contributed by atoms with Gasteiger partial charge < -0.3 is 28.9 Å². The van der Waals surface area contributed by atoms with E-state index in [1.165, 1.54) is 10.9 Å². The number of nitrogen functional groups attached to an aromatic ring is 1. The van der Waals surface area contributed by atoms with Crippen LogP contribution in [0.4, 0.5) is 5.95 Å². The van der Waals surface area contributed by atoms with Gasteiger partial charge in [0.25, 0.3) is 5.88 Å². The maximum Gasteiger partial charge on any atom is 0.341 e. The molecule has 7 rings (SSSR count). The highest BCUT2D eigenvalue weighted by Crippen LogP contribution is 2.38. The SMILES string of the molecule is Cc1cc(C)c(S(=O)(=O)Oc2nc(N)nc3c2ncn3[C@@H]2O[C@H](COC(=O)c3ccccc3)[C@@H](OC(=O)c3ccccc3)[C@H]2OC(=O)c2ccccc2)c(C)c1. The van der Waals surface area contributed by atoms with Crippen molar-refractivity contribution in [3.8, 4) is 5.88 Å². The van der Waals surface area contributed by atoms with Crippen LogP contribution in [0.1, 0.15) is 54.0 Å². The number of nitrogens with two attached hydrogens (primary N) is 1. The maximum atomic E-state index is 13.7. The Kier molecular flexibility index (Phi) is 10.5. The minimum absolute atomic E-state index is 0.0455. The maximum absolute atomic E-state index is 13.7. The number of carbonyl (C=O) groups is 3. The number of rotatable bonds is 11. The number of hydrogen-bond acceptors (Lipinski definition) is 14. The second-order valence-electron chi connectivity index (χ2n) is 13.0. The predicted octanol–water partition coefficient (Wildman–Crippen LogP) is 5.31. The van der Waals surface area contributed by atoms with Crippen LogP contribution in [0.3, 0.4) is 0 Å². The molecule has 4 aromatic carbocycles. The van der Waals surface area contributed by atoms with Crippen LogP contribution < -0.4 is 9.92 Å². The van der Waals surface area contributed by atoms with Crippen LogP contribution in [0.15, 0.2) is 114 Å². The molecule has 1 saturated heterocycles. The Morgan fingerprint density at radius 2 is 1.27 bits per heavy atom. The summed E-state index contributed by atoms with van der Waals surface area (Å²) >= 11 is 0. The third kappa shape index (κ3) is 7.78. The first-order valence-electron chi connectivity index (χ1n) is 17.3. The Morgan fingerprint density at radius 3 is 1.82 bits per heavy atom. The fourth-order valence-electron chi connectivity index (χ4n) is 6.54. The van der Waals surface area contributed by atoms with E-state index in [4.69, 9.17) is 28.9 Å². The summed E-state index contributed by atoms with van der Waals surface area (Å²) in [4.78, 5) is 53.0. The Morgan fingerprint density at radius 1 is 0.750 bits per heavy atom. The molecule has 0 aliphatic carbocycles. The van der Waals surface area contributed by atoms with Crippen molar-refractivity contribution in [3.63, 3.8) is 0 Å². The average Bonchev–Trinajstić information content (AvgIpc) is 3.74. The van der Waals surface area contributed by atoms with E-state index in [2.05, 4.69) is 15.0 Å². The van der Waals surface area contributed by atoms with Crippen molar-refractivity contribution in [3.05, 3.63) is 143 Å². The van der Waals surface area contributed by atoms with Crippen LogP contribution in [-0.2, 0) is 29.1 Å². The standard InChI is InChI=1S/C40H35N5O10S/c1-23-19-24(2)33(25(3)20-23)56(49,50)55-35-30-34(43-40(41)44-35)45(22-42-30)36-32(54-39(48)28-17-11-6-12-18-28)31(53-38(47)27-15-9-5-10-16-27)29(52-36)21-51-37(46)26-13-7-4-8-14-26/h4-20,22,29,31-32,36H,21H2,1-3H3,(H2,41,43,44)/t29-,31-,32-,36-/m1/s1. The Balaban J connectivity index is 1.29. The molecule has 56 heavy (non-hydrogen) atoms. The molecule has 16 heteroatoms. The zero-order chi connectivity index (χ0) is 39.6. The third-order valence-electron chi connectivity index (χ3n) is 8.90. The first kappa shape index (κ1) is 37.7. The summed E-state index contributed by atoms with van der Waals surface area (Å²) in [5, 5.41) is 0. The lowest BCUT2D eigenvalue weighted by Gasteiger charge is -2.25. The number of anilines is 1. The number of benzene rings is 4. The largest absolute Gasteiger partial charge is 0.459 e. The number of carbonyl (C=O) groups excluding carboxylic acids is 3. The number of ether oxygens (including phenoxy) is 4. The number of fused-ring (bicyclic) bond motifs is 1. The van der Waals surface area contributed by atoms with Crippen molar-refractivity contribution in [2.45, 2.75) is 50.2 Å². The highest BCUT2D eigenvalue weighted by molar-refractivity contribution is 7.87. The van der Waals surface area contributed by atoms with Gasteiger partial charge in [0.2, 0.25) is 5.95 Å². The van der Waals surface area contributed by atoms with Crippen molar-refractivity contribution < 1.29 is 45.9 Å². The van der Waals surface area contributed by atoms with Crippen molar-refractivity contribution in [1.29, 1.82) is 0 Å². The topological polar surface area (TPSA) is 201 Å². The molecule has 6 aromatic rings. The zero-order valence-electron chi connectivity index (χ0n) is 30.3. The van der Waals surface area contributed by atoms with Crippen LogP contribution in [0.5, 0.6) is 5.88 Å².